The minimum absolute atomic E-state index is 0.0383. The van der Waals surface area contributed by atoms with Crippen molar-refractivity contribution in [1.29, 1.82) is 0 Å². The molecule has 0 fully saturated rings. The van der Waals surface area contributed by atoms with Gasteiger partial charge in [0.25, 0.3) is 0 Å². The van der Waals surface area contributed by atoms with Crippen molar-refractivity contribution in [3.8, 4) is 0 Å². The highest BCUT2D eigenvalue weighted by atomic mass is 16.4. The maximum atomic E-state index is 10.5. The van der Waals surface area contributed by atoms with Crippen molar-refractivity contribution in [2.24, 2.45) is 32.9 Å². The van der Waals surface area contributed by atoms with E-state index >= 15 is 0 Å². The molecule has 11 heteroatoms. The predicted molar refractivity (Wildman–Crippen MR) is 78.7 cm³/mol. The second-order valence-electron chi connectivity index (χ2n) is 3.76. The molecule has 122 valence electrons. The Kier molecular flexibility index (Phi) is 12.3. The molecule has 11 nitrogen and oxygen atoms in total. The van der Waals surface area contributed by atoms with Gasteiger partial charge in [0, 0.05) is 6.54 Å². The number of aliphatic carboxylic acids is 2. The fraction of sp³-hybridized carbons (Fsp3) is 0.600. The Balaban J connectivity index is 0. The Morgan fingerprint density at radius 2 is 1.62 bits per heavy atom. The second-order valence-corrected chi connectivity index (χ2v) is 3.76. The average molecular weight is 305 g/mol. The zero-order valence-corrected chi connectivity index (χ0v) is 11.8. The van der Waals surface area contributed by atoms with Gasteiger partial charge in [-0.15, -0.1) is 0 Å². The normalized spacial score (nSPS) is 10.5. The highest BCUT2D eigenvalue weighted by molar-refractivity contribution is 5.79. The van der Waals surface area contributed by atoms with Crippen LogP contribution in [0.4, 0.5) is 0 Å². The van der Waals surface area contributed by atoms with E-state index in [0.29, 0.717) is 19.4 Å². The van der Waals surface area contributed by atoms with Gasteiger partial charge in [-0.1, -0.05) is 0 Å². The fourth-order valence-corrected chi connectivity index (χ4v) is 1.05. The van der Waals surface area contributed by atoms with Crippen LogP contribution >= 0.6 is 0 Å². The van der Waals surface area contributed by atoms with Gasteiger partial charge in [0.2, 0.25) is 0 Å². The van der Waals surface area contributed by atoms with E-state index in [1.807, 2.05) is 0 Å². The first kappa shape index (κ1) is 20.8. The molecule has 0 saturated carbocycles. The van der Waals surface area contributed by atoms with E-state index in [0.717, 1.165) is 0 Å². The standard InChI is InChI=1S/C7H16N4O2.C3H7N3O2/c1-10-5(6(12)13)3-2-4-11-7(8)9;4-3(5)6-1-2(7)8/h5,10H,2-4H2,1H3,(H,12,13)(H4,8,9,11);1H2,(H,7,8)(H4,4,5,6). The van der Waals surface area contributed by atoms with Crippen LogP contribution in [0.15, 0.2) is 9.98 Å². The molecule has 0 amide bonds. The van der Waals surface area contributed by atoms with Crippen molar-refractivity contribution in [2.75, 3.05) is 20.1 Å². The maximum Gasteiger partial charge on any atom is 0.325 e. The fourth-order valence-electron chi connectivity index (χ4n) is 1.05. The summed E-state index contributed by atoms with van der Waals surface area (Å²) in [6.45, 7) is 0.107. The lowest BCUT2D eigenvalue weighted by Crippen LogP contribution is -2.33. The van der Waals surface area contributed by atoms with Gasteiger partial charge in [-0.3, -0.25) is 14.6 Å². The molecule has 0 aromatic rings. The lowest BCUT2D eigenvalue weighted by atomic mass is 10.1. The number of likely N-dealkylation sites (N-methyl/N-ethyl adjacent to an activating group) is 1. The molecule has 0 radical (unpaired) electrons. The number of nitrogens with zero attached hydrogens (tertiary/aromatic N) is 2. The Labute approximate surface area is 122 Å². The molecule has 0 aliphatic heterocycles. The molecule has 0 aliphatic rings. The summed E-state index contributed by atoms with van der Waals surface area (Å²) in [7, 11) is 1.61. The molecule has 0 aliphatic carbocycles. The van der Waals surface area contributed by atoms with E-state index in [4.69, 9.17) is 33.1 Å². The summed E-state index contributed by atoms with van der Waals surface area (Å²) < 4.78 is 0. The minimum atomic E-state index is -1.04. The van der Waals surface area contributed by atoms with Crippen molar-refractivity contribution < 1.29 is 19.8 Å². The molecule has 0 bridgehead atoms. The molecule has 0 aromatic heterocycles. The Bertz CT molecular complexity index is 376. The predicted octanol–water partition coefficient (Wildman–Crippen LogP) is -2.94. The lowest BCUT2D eigenvalue weighted by molar-refractivity contribution is -0.139. The summed E-state index contributed by atoms with van der Waals surface area (Å²) in [5.74, 6) is -2.06. The largest absolute Gasteiger partial charge is 0.480 e. The first-order valence-electron chi connectivity index (χ1n) is 5.93. The van der Waals surface area contributed by atoms with Crippen molar-refractivity contribution in [3.63, 3.8) is 0 Å². The monoisotopic (exact) mass is 305 g/mol. The van der Waals surface area contributed by atoms with Crippen LogP contribution in [0.25, 0.3) is 0 Å². The van der Waals surface area contributed by atoms with Crippen LogP contribution in [-0.2, 0) is 9.59 Å². The van der Waals surface area contributed by atoms with Gasteiger partial charge in [0.1, 0.15) is 12.6 Å². The molecule has 0 rings (SSSR count). The minimum Gasteiger partial charge on any atom is -0.480 e. The zero-order chi connectivity index (χ0) is 16.8. The number of carbonyl (C=O) groups is 2. The maximum absolute atomic E-state index is 10.5. The molecule has 0 aromatic carbocycles. The number of rotatable bonds is 8. The van der Waals surface area contributed by atoms with E-state index in [2.05, 4.69) is 15.3 Å². The highest BCUT2D eigenvalue weighted by Gasteiger charge is 2.13. The first-order chi connectivity index (χ1) is 9.70. The van der Waals surface area contributed by atoms with E-state index in [-0.39, 0.29) is 18.5 Å². The van der Waals surface area contributed by atoms with Crippen LogP contribution in [0.3, 0.4) is 0 Å². The zero-order valence-electron chi connectivity index (χ0n) is 11.8. The van der Waals surface area contributed by atoms with Crippen LogP contribution in [-0.4, -0.2) is 60.2 Å². The molecule has 1 unspecified atom stereocenters. The molecule has 21 heavy (non-hydrogen) atoms. The molecule has 0 spiro atoms. The quantitative estimate of drug-likeness (QED) is 0.138. The van der Waals surface area contributed by atoms with Crippen molar-refractivity contribution in [3.05, 3.63) is 0 Å². The third-order valence-corrected chi connectivity index (χ3v) is 1.99. The number of nitrogens with two attached hydrogens (primary N) is 4. The molecule has 11 N–H and O–H groups in total. The summed E-state index contributed by atoms with van der Waals surface area (Å²) in [5.41, 5.74) is 19.8. The lowest BCUT2D eigenvalue weighted by Gasteiger charge is -2.09. The average Bonchev–Trinajstić information content (AvgIpc) is 2.36. The number of guanidine groups is 2. The number of carboxylic acids is 2. The molecule has 1 atom stereocenters. The van der Waals surface area contributed by atoms with E-state index < -0.39 is 18.0 Å². The van der Waals surface area contributed by atoms with Gasteiger partial charge in [0.05, 0.1) is 0 Å². The number of carboxylic acid groups (broad SMARTS) is 2. The summed E-state index contributed by atoms with van der Waals surface area (Å²) in [6.07, 6.45) is 1.16. The summed E-state index contributed by atoms with van der Waals surface area (Å²) in [5, 5.41) is 19.3. The van der Waals surface area contributed by atoms with Crippen LogP contribution in [0.5, 0.6) is 0 Å². The summed E-state index contributed by atoms with van der Waals surface area (Å²) in [6, 6.07) is -0.519. The van der Waals surface area contributed by atoms with Crippen molar-refractivity contribution in [1.82, 2.24) is 5.32 Å². The highest BCUT2D eigenvalue weighted by Crippen LogP contribution is 1.97. The van der Waals surface area contributed by atoms with Crippen molar-refractivity contribution >= 4 is 23.9 Å². The van der Waals surface area contributed by atoms with Gasteiger partial charge >= 0.3 is 11.9 Å². The third-order valence-electron chi connectivity index (χ3n) is 1.99. The molecular weight excluding hydrogens is 282 g/mol. The molecule has 0 heterocycles. The van der Waals surface area contributed by atoms with Gasteiger partial charge in [-0.05, 0) is 19.9 Å². The first-order valence-corrected chi connectivity index (χ1v) is 5.93. The number of hydrogen-bond acceptors (Lipinski definition) is 5. The SMILES string of the molecule is CNC(CCCN=C(N)N)C(=O)O.NC(N)=NCC(=O)O. The third kappa shape index (κ3) is 17.4. The van der Waals surface area contributed by atoms with Gasteiger partial charge in [0.15, 0.2) is 11.9 Å². The van der Waals surface area contributed by atoms with Gasteiger partial charge in [-0.25, -0.2) is 4.99 Å². The Morgan fingerprint density at radius 1 is 1.10 bits per heavy atom. The molecular formula is C10H23N7O4. The van der Waals surface area contributed by atoms with Crippen molar-refractivity contribution in [2.45, 2.75) is 18.9 Å². The van der Waals surface area contributed by atoms with E-state index in [9.17, 15) is 9.59 Å². The number of aliphatic imine (C=N–C) groups is 2. The number of hydrogen-bond donors (Lipinski definition) is 7. The van der Waals surface area contributed by atoms with Crippen LogP contribution in [0, 0.1) is 0 Å². The topological polar surface area (TPSA) is 215 Å². The smallest absolute Gasteiger partial charge is 0.325 e. The van der Waals surface area contributed by atoms with Gasteiger partial charge < -0.3 is 38.5 Å². The van der Waals surface area contributed by atoms with E-state index in [1.54, 1.807) is 7.05 Å². The second kappa shape index (κ2) is 12.5. The van der Waals surface area contributed by atoms with Crippen LogP contribution < -0.4 is 28.3 Å². The van der Waals surface area contributed by atoms with E-state index in [1.165, 1.54) is 0 Å². The van der Waals surface area contributed by atoms with Gasteiger partial charge in [-0.2, -0.15) is 0 Å². The van der Waals surface area contributed by atoms with Crippen LogP contribution in [0.1, 0.15) is 12.8 Å². The Morgan fingerprint density at radius 3 is 1.90 bits per heavy atom. The molecule has 0 saturated heterocycles. The number of nitrogens with one attached hydrogen (secondary N) is 1. The Hall–Kier alpha value is -2.56. The summed E-state index contributed by atoms with van der Waals surface area (Å²) in [4.78, 5) is 27.1. The van der Waals surface area contributed by atoms with Crippen LogP contribution in [0.2, 0.25) is 0 Å². The summed E-state index contributed by atoms with van der Waals surface area (Å²) >= 11 is 0.